The van der Waals surface area contributed by atoms with Crippen LogP contribution < -0.4 is 9.47 Å². The molecular weight excluding hydrogens is 182 g/mol. The van der Waals surface area contributed by atoms with Crippen LogP contribution in [0.15, 0.2) is 18.3 Å². The van der Waals surface area contributed by atoms with E-state index in [4.69, 9.17) is 0 Å². The first kappa shape index (κ1) is 8.93. The smallest absolute Gasteiger partial charge is 0.258 e. The van der Waals surface area contributed by atoms with E-state index >= 15 is 0 Å². The van der Waals surface area contributed by atoms with Crippen molar-refractivity contribution in [2.45, 2.75) is 13.5 Å². The van der Waals surface area contributed by atoms with Crippen molar-refractivity contribution in [3.8, 4) is 0 Å². The van der Waals surface area contributed by atoms with Gasteiger partial charge >= 0.3 is 11.5 Å². The topological polar surface area (TPSA) is 50.3 Å². The number of fused-ring (bicyclic) bond motifs is 1. The third-order valence-electron chi connectivity index (χ3n) is 2.51. The molecule has 5 nitrogen and oxygen atoms in total. The summed E-state index contributed by atoms with van der Waals surface area (Å²) in [6, 6.07) is 3.28. The maximum atomic E-state index is 10.8. The first-order valence-corrected chi connectivity index (χ1v) is 4.66. The molecule has 0 unspecified atom stereocenters. The number of nitrogens with zero attached hydrogens (tertiary/aromatic N) is 3. The van der Waals surface area contributed by atoms with Gasteiger partial charge in [-0.15, -0.1) is 0 Å². The molecule has 2 rings (SSSR count). The summed E-state index contributed by atoms with van der Waals surface area (Å²) < 4.78 is 1.93. The highest BCUT2D eigenvalue weighted by atomic mass is 16.6. The molecule has 0 N–H and O–H groups in total. The Labute approximate surface area is 81.7 Å². The predicted molar refractivity (Wildman–Crippen MR) is 51.2 cm³/mol. The van der Waals surface area contributed by atoms with Gasteiger partial charge in [0, 0.05) is 6.07 Å². The van der Waals surface area contributed by atoms with Crippen molar-refractivity contribution >= 4 is 11.5 Å². The number of hydrogen-bond acceptors (Lipinski definition) is 3. The zero-order chi connectivity index (χ0) is 10.1. The molecular formula is C9H12N3O2+. The van der Waals surface area contributed by atoms with Gasteiger partial charge in [0.05, 0.1) is 17.7 Å². The van der Waals surface area contributed by atoms with Crippen LogP contribution in [0.5, 0.6) is 0 Å². The quantitative estimate of drug-likeness (QED) is 0.396. The zero-order valence-corrected chi connectivity index (χ0v) is 8.01. The number of pyridine rings is 1. The first-order valence-electron chi connectivity index (χ1n) is 4.66. The van der Waals surface area contributed by atoms with E-state index in [2.05, 4.69) is 0 Å². The highest BCUT2D eigenvalue weighted by molar-refractivity contribution is 5.54. The average molecular weight is 194 g/mol. The molecule has 0 amide bonds. The molecule has 0 aromatic carbocycles. The number of likely N-dealkylation sites (N-methyl/N-ethyl adjacent to an activating group) is 1. The minimum Gasteiger partial charge on any atom is -0.258 e. The van der Waals surface area contributed by atoms with E-state index in [0.29, 0.717) is 0 Å². The second-order valence-corrected chi connectivity index (χ2v) is 3.25. The second-order valence-electron chi connectivity index (χ2n) is 3.25. The molecule has 1 aliphatic rings. The molecule has 14 heavy (non-hydrogen) atoms. The van der Waals surface area contributed by atoms with Crippen molar-refractivity contribution in [2.75, 3.05) is 18.0 Å². The summed E-state index contributed by atoms with van der Waals surface area (Å²) in [5.74, 6) is 0.736. The number of rotatable bonds is 2. The average Bonchev–Trinajstić information content (AvgIpc) is 2.59. The van der Waals surface area contributed by atoms with Crippen molar-refractivity contribution in [3.63, 3.8) is 0 Å². The number of nitro groups is 1. The van der Waals surface area contributed by atoms with Crippen LogP contribution in [0.2, 0.25) is 0 Å². The molecule has 74 valence electrons. The van der Waals surface area contributed by atoms with Gasteiger partial charge in [0.25, 0.3) is 0 Å². The van der Waals surface area contributed by atoms with E-state index in [1.54, 1.807) is 12.1 Å². The van der Waals surface area contributed by atoms with Crippen LogP contribution in [-0.4, -0.2) is 18.0 Å². The third kappa shape index (κ3) is 1.21. The molecule has 0 fully saturated rings. The fourth-order valence-electron chi connectivity index (χ4n) is 1.84. The van der Waals surface area contributed by atoms with Crippen LogP contribution in [0, 0.1) is 10.1 Å². The summed E-state index contributed by atoms with van der Waals surface area (Å²) in [4.78, 5) is 12.5. The zero-order valence-electron chi connectivity index (χ0n) is 8.01. The van der Waals surface area contributed by atoms with E-state index < -0.39 is 0 Å². The van der Waals surface area contributed by atoms with E-state index in [1.165, 1.54) is 0 Å². The predicted octanol–water partition coefficient (Wildman–Crippen LogP) is 0.722. The molecule has 1 aliphatic heterocycles. The monoisotopic (exact) mass is 194 g/mol. The lowest BCUT2D eigenvalue weighted by atomic mass is 10.3. The molecule has 0 spiro atoms. The lowest BCUT2D eigenvalue weighted by Gasteiger charge is -2.05. The van der Waals surface area contributed by atoms with Gasteiger partial charge in [0.2, 0.25) is 0 Å². The van der Waals surface area contributed by atoms with Crippen LogP contribution in [-0.2, 0) is 6.54 Å². The molecule has 0 radical (unpaired) electrons. The Balaban J connectivity index is 2.54. The van der Waals surface area contributed by atoms with Crippen LogP contribution >= 0.6 is 0 Å². The number of aromatic nitrogens is 1. The third-order valence-corrected chi connectivity index (χ3v) is 2.51. The summed E-state index contributed by atoms with van der Waals surface area (Å²) in [5.41, 5.74) is 0.201. The Morgan fingerprint density at radius 2 is 2.50 bits per heavy atom. The Morgan fingerprint density at radius 1 is 1.71 bits per heavy atom. The van der Waals surface area contributed by atoms with Crippen LogP contribution in [0.1, 0.15) is 6.92 Å². The summed E-state index contributed by atoms with van der Waals surface area (Å²) in [7, 11) is 0. The van der Waals surface area contributed by atoms with Crippen molar-refractivity contribution in [1.29, 1.82) is 0 Å². The highest BCUT2D eigenvalue weighted by Gasteiger charge is 2.34. The molecule has 0 saturated heterocycles. The SMILES string of the molecule is CCN1CC[n+]2cccc([N+](=O)[O-])c21. The minimum atomic E-state index is -0.320. The van der Waals surface area contributed by atoms with Crippen LogP contribution in [0.25, 0.3) is 0 Å². The van der Waals surface area contributed by atoms with Crippen LogP contribution in [0.4, 0.5) is 11.5 Å². The van der Waals surface area contributed by atoms with E-state index in [1.807, 2.05) is 22.6 Å². The van der Waals surface area contributed by atoms with Crippen molar-refractivity contribution in [3.05, 3.63) is 28.4 Å². The largest absolute Gasteiger partial charge is 0.357 e. The lowest BCUT2D eigenvalue weighted by molar-refractivity contribution is -0.673. The van der Waals surface area contributed by atoms with Gasteiger partial charge in [-0.3, -0.25) is 15.0 Å². The van der Waals surface area contributed by atoms with E-state index in [-0.39, 0.29) is 10.6 Å². The van der Waals surface area contributed by atoms with Gasteiger partial charge in [0.15, 0.2) is 0 Å². The molecule has 0 atom stereocenters. The Bertz CT molecular complexity index is 378. The Hall–Kier alpha value is -1.65. The van der Waals surface area contributed by atoms with Crippen molar-refractivity contribution in [2.24, 2.45) is 0 Å². The second kappa shape index (κ2) is 3.25. The van der Waals surface area contributed by atoms with Gasteiger partial charge in [-0.2, -0.15) is 0 Å². The summed E-state index contributed by atoms with van der Waals surface area (Å²) in [6.07, 6.45) is 1.89. The van der Waals surface area contributed by atoms with Gasteiger partial charge in [-0.05, 0) is 13.0 Å². The fourth-order valence-corrected chi connectivity index (χ4v) is 1.84. The number of anilines is 1. The minimum absolute atomic E-state index is 0.201. The molecule has 0 aliphatic carbocycles. The summed E-state index contributed by atoms with van der Waals surface area (Å²) >= 11 is 0. The van der Waals surface area contributed by atoms with Crippen molar-refractivity contribution in [1.82, 2.24) is 0 Å². The van der Waals surface area contributed by atoms with Gasteiger partial charge in [-0.1, -0.05) is 0 Å². The molecule has 0 bridgehead atoms. The molecule has 5 heteroatoms. The first-order chi connectivity index (χ1) is 6.74. The Kier molecular flexibility index (Phi) is 2.07. The standard InChI is InChI=1S/C9H12N3O2/c1-2-10-6-7-11-5-3-4-8(9(10)11)12(13)14/h3-5H,2,6-7H2,1H3/q+1. The number of hydrogen-bond donors (Lipinski definition) is 0. The van der Waals surface area contributed by atoms with E-state index in [9.17, 15) is 10.1 Å². The highest BCUT2D eigenvalue weighted by Crippen LogP contribution is 2.25. The normalized spacial score (nSPS) is 14.2. The lowest BCUT2D eigenvalue weighted by Crippen LogP contribution is -2.31. The summed E-state index contributed by atoms with van der Waals surface area (Å²) in [6.45, 7) is 4.52. The maximum absolute atomic E-state index is 10.8. The molecule has 0 saturated carbocycles. The fraction of sp³-hybridized carbons (Fsp3) is 0.444. The van der Waals surface area contributed by atoms with E-state index in [0.717, 1.165) is 25.5 Å². The molecule has 1 aromatic rings. The van der Waals surface area contributed by atoms with Crippen LogP contribution in [0.3, 0.4) is 0 Å². The summed E-state index contributed by atoms with van der Waals surface area (Å²) in [5, 5.41) is 10.8. The maximum Gasteiger partial charge on any atom is 0.357 e. The van der Waals surface area contributed by atoms with Gasteiger partial charge < -0.3 is 0 Å². The van der Waals surface area contributed by atoms with Gasteiger partial charge in [0.1, 0.15) is 13.1 Å². The molecule has 2 heterocycles. The molecule has 1 aromatic heterocycles. The van der Waals surface area contributed by atoms with Crippen molar-refractivity contribution < 1.29 is 9.49 Å². The van der Waals surface area contributed by atoms with Gasteiger partial charge in [-0.25, -0.2) is 4.57 Å². The Morgan fingerprint density at radius 3 is 3.14 bits per heavy atom.